The van der Waals surface area contributed by atoms with Crippen molar-refractivity contribution in [1.82, 2.24) is 15.5 Å². The van der Waals surface area contributed by atoms with Gasteiger partial charge in [0.2, 0.25) is 5.91 Å². The van der Waals surface area contributed by atoms with Gasteiger partial charge in [0, 0.05) is 24.7 Å². The molecule has 0 saturated carbocycles. The van der Waals surface area contributed by atoms with Crippen LogP contribution < -0.4 is 20.1 Å². The summed E-state index contributed by atoms with van der Waals surface area (Å²) in [5, 5.41) is 5.55. The topological polar surface area (TPSA) is 97.0 Å². The summed E-state index contributed by atoms with van der Waals surface area (Å²) >= 11 is 0. The molecule has 8 heteroatoms. The van der Waals surface area contributed by atoms with Crippen LogP contribution in [-0.2, 0) is 4.79 Å². The van der Waals surface area contributed by atoms with Crippen LogP contribution in [0.25, 0.3) is 0 Å². The summed E-state index contributed by atoms with van der Waals surface area (Å²) < 4.78 is 10.7. The standard InChI is InChI=1S/C23H27N3O5/c1-30-18-9-6-10-19(31-2)21(18)23(29)26-13-11-17(12-14-26)25-20(27)15-24-22(28)16-7-4-3-5-8-16/h3-10,17H,11-15H2,1-2H3,(H,24,28)(H,25,27). The molecule has 1 aliphatic rings. The smallest absolute Gasteiger partial charge is 0.261 e. The summed E-state index contributed by atoms with van der Waals surface area (Å²) in [4.78, 5) is 39.0. The van der Waals surface area contributed by atoms with Crippen LogP contribution in [-0.4, -0.2) is 62.5 Å². The Morgan fingerprint density at radius 2 is 1.55 bits per heavy atom. The van der Waals surface area contributed by atoms with E-state index in [4.69, 9.17) is 9.47 Å². The number of nitrogens with one attached hydrogen (secondary N) is 2. The Labute approximate surface area is 181 Å². The number of hydrogen-bond acceptors (Lipinski definition) is 5. The highest BCUT2D eigenvalue weighted by Gasteiger charge is 2.28. The number of ether oxygens (including phenoxy) is 2. The average molecular weight is 425 g/mol. The second-order valence-corrected chi connectivity index (χ2v) is 7.22. The van der Waals surface area contributed by atoms with Gasteiger partial charge in [-0.3, -0.25) is 14.4 Å². The third-order valence-corrected chi connectivity index (χ3v) is 5.23. The van der Waals surface area contributed by atoms with Crippen LogP contribution in [0.5, 0.6) is 11.5 Å². The minimum absolute atomic E-state index is 0.0512. The van der Waals surface area contributed by atoms with Gasteiger partial charge in [-0.2, -0.15) is 0 Å². The van der Waals surface area contributed by atoms with Crippen molar-refractivity contribution in [2.24, 2.45) is 0 Å². The molecule has 31 heavy (non-hydrogen) atoms. The molecule has 0 atom stereocenters. The van der Waals surface area contributed by atoms with Crippen LogP contribution in [0.15, 0.2) is 48.5 Å². The molecule has 2 aromatic carbocycles. The van der Waals surface area contributed by atoms with Crippen LogP contribution in [0.4, 0.5) is 0 Å². The zero-order chi connectivity index (χ0) is 22.2. The van der Waals surface area contributed by atoms with Gasteiger partial charge in [0.1, 0.15) is 17.1 Å². The van der Waals surface area contributed by atoms with E-state index in [-0.39, 0.29) is 30.3 Å². The molecular weight excluding hydrogens is 398 g/mol. The summed E-state index contributed by atoms with van der Waals surface area (Å²) in [6.07, 6.45) is 1.25. The van der Waals surface area contributed by atoms with Gasteiger partial charge in [-0.05, 0) is 37.1 Å². The first kappa shape index (κ1) is 22.1. The van der Waals surface area contributed by atoms with Crippen molar-refractivity contribution >= 4 is 17.7 Å². The van der Waals surface area contributed by atoms with Crippen molar-refractivity contribution in [2.75, 3.05) is 33.9 Å². The molecule has 0 radical (unpaired) electrons. The van der Waals surface area contributed by atoms with Crippen molar-refractivity contribution in [2.45, 2.75) is 18.9 Å². The van der Waals surface area contributed by atoms with Gasteiger partial charge < -0.3 is 25.0 Å². The van der Waals surface area contributed by atoms with Crippen LogP contribution in [0.2, 0.25) is 0 Å². The molecule has 0 aliphatic carbocycles. The summed E-state index contributed by atoms with van der Waals surface area (Å²) in [6, 6.07) is 13.9. The number of likely N-dealkylation sites (tertiary alicyclic amines) is 1. The molecule has 1 heterocycles. The number of carbonyl (C=O) groups is 3. The fraction of sp³-hybridized carbons (Fsp3) is 0.348. The number of methoxy groups -OCH3 is 2. The van der Waals surface area contributed by atoms with Crippen LogP contribution in [0.1, 0.15) is 33.6 Å². The highest BCUT2D eigenvalue weighted by atomic mass is 16.5. The quantitative estimate of drug-likeness (QED) is 0.706. The minimum Gasteiger partial charge on any atom is -0.496 e. The lowest BCUT2D eigenvalue weighted by molar-refractivity contribution is -0.121. The SMILES string of the molecule is COc1cccc(OC)c1C(=O)N1CCC(NC(=O)CNC(=O)c2ccccc2)CC1. The Kier molecular flexibility index (Phi) is 7.48. The monoisotopic (exact) mass is 425 g/mol. The third-order valence-electron chi connectivity index (χ3n) is 5.23. The number of piperidine rings is 1. The molecular formula is C23H27N3O5. The second-order valence-electron chi connectivity index (χ2n) is 7.22. The molecule has 0 bridgehead atoms. The number of benzene rings is 2. The summed E-state index contributed by atoms with van der Waals surface area (Å²) in [5.74, 6) is 0.236. The van der Waals surface area contributed by atoms with Gasteiger partial charge in [0.05, 0.1) is 20.8 Å². The van der Waals surface area contributed by atoms with E-state index in [0.29, 0.717) is 48.6 Å². The van der Waals surface area contributed by atoms with Crippen molar-refractivity contribution < 1.29 is 23.9 Å². The van der Waals surface area contributed by atoms with E-state index < -0.39 is 0 Å². The number of amides is 3. The van der Waals surface area contributed by atoms with Crippen molar-refractivity contribution in [1.29, 1.82) is 0 Å². The predicted molar refractivity (Wildman–Crippen MR) is 115 cm³/mol. The van der Waals surface area contributed by atoms with E-state index in [1.807, 2.05) is 6.07 Å². The van der Waals surface area contributed by atoms with E-state index in [1.54, 1.807) is 47.4 Å². The molecule has 1 fully saturated rings. The molecule has 1 aliphatic heterocycles. The Hall–Kier alpha value is -3.55. The van der Waals surface area contributed by atoms with E-state index in [0.717, 1.165) is 0 Å². The maximum absolute atomic E-state index is 13.0. The molecule has 0 aromatic heterocycles. The number of carbonyl (C=O) groups excluding carboxylic acids is 3. The Bertz CT molecular complexity index is 902. The molecule has 2 N–H and O–H groups in total. The lowest BCUT2D eigenvalue weighted by Gasteiger charge is -2.33. The number of rotatable bonds is 7. The Balaban J connectivity index is 1.49. The molecule has 164 valence electrons. The predicted octanol–water partition coefficient (Wildman–Crippen LogP) is 1.85. The van der Waals surface area contributed by atoms with Crippen molar-refractivity contribution in [3.8, 4) is 11.5 Å². The van der Waals surface area contributed by atoms with E-state index >= 15 is 0 Å². The largest absolute Gasteiger partial charge is 0.496 e. The third kappa shape index (κ3) is 5.53. The lowest BCUT2D eigenvalue weighted by Crippen LogP contribution is -2.48. The van der Waals surface area contributed by atoms with Crippen molar-refractivity contribution in [3.05, 3.63) is 59.7 Å². The molecule has 0 spiro atoms. The maximum atomic E-state index is 13.0. The van der Waals surface area contributed by atoms with E-state index in [1.165, 1.54) is 14.2 Å². The number of nitrogens with zero attached hydrogens (tertiary/aromatic N) is 1. The number of hydrogen-bond donors (Lipinski definition) is 2. The highest BCUT2D eigenvalue weighted by molar-refractivity contribution is 6.00. The van der Waals surface area contributed by atoms with Gasteiger partial charge >= 0.3 is 0 Å². The van der Waals surface area contributed by atoms with Gasteiger partial charge in [0.25, 0.3) is 11.8 Å². The normalized spacial score (nSPS) is 13.9. The first-order valence-electron chi connectivity index (χ1n) is 10.2. The molecule has 2 aromatic rings. The molecule has 3 amide bonds. The first-order valence-corrected chi connectivity index (χ1v) is 10.2. The zero-order valence-electron chi connectivity index (χ0n) is 17.7. The zero-order valence-corrected chi connectivity index (χ0v) is 17.7. The Morgan fingerprint density at radius 3 is 2.13 bits per heavy atom. The molecule has 0 unspecified atom stereocenters. The fourth-order valence-corrected chi connectivity index (χ4v) is 3.58. The van der Waals surface area contributed by atoms with E-state index in [2.05, 4.69) is 10.6 Å². The van der Waals surface area contributed by atoms with Crippen LogP contribution in [0, 0.1) is 0 Å². The minimum atomic E-state index is -0.290. The lowest BCUT2D eigenvalue weighted by atomic mass is 10.0. The second kappa shape index (κ2) is 10.5. The van der Waals surface area contributed by atoms with Gasteiger partial charge in [-0.1, -0.05) is 24.3 Å². The summed E-state index contributed by atoms with van der Waals surface area (Å²) in [5.41, 5.74) is 0.910. The molecule has 1 saturated heterocycles. The Morgan fingerprint density at radius 1 is 0.935 bits per heavy atom. The van der Waals surface area contributed by atoms with Crippen molar-refractivity contribution in [3.63, 3.8) is 0 Å². The molecule has 8 nitrogen and oxygen atoms in total. The van der Waals surface area contributed by atoms with Crippen LogP contribution >= 0.6 is 0 Å². The van der Waals surface area contributed by atoms with E-state index in [9.17, 15) is 14.4 Å². The fourth-order valence-electron chi connectivity index (χ4n) is 3.58. The van der Waals surface area contributed by atoms with Crippen LogP contribution in [0.3, 0.4) is 0 Å². The summed E-state index contributed by atoms with van der Waals surface area (Å²) in [7, 11) is 3.04. The average Bonchev–Trinajstić information content (AvgIpc) is 2.82. The first-order chi connectivity index (χ1) is 15.0. The van der Waals surface area contributed by atoms with Gasteiger partial charge in [0.15, 0.2) is 0 Å². The highest BCUT2D eigenvalue weighted by Crippen LogP contribution is 2.30. The van der Waals surface area contributed by atoms with Gasteiger partial charge in [-0.25, -0.2) is 0 Å². The van der Waals surface area contributed by atoms with Gasteiger partial charge in [-0.15, -0.1) is 0 Å². The summed E-state index contributed by atoms with van der Waals surface area (Å²) in [6.45, 7) is 0.911. The molecule has 3 rings (SSSR count). The maximum Gasteiger partial charge on any atom is 0.261 e.